The van der Waals surface area contributed by atoms with E-state index in [0.717, 1.165) is 9.46 Å². The van der Waals surface area contributed by atoms with E-state index in [1.54, 1.807) is 12.1 Å². The maximum absolute atomic E-state index is 12.7. The molecule has 11 heteroatoms. The van der Waals surface area contributed by atoms with Crippen LogP contribution in [0.15, 0.2) is 38.3 Å². The van der Waals surface area contributed by atoms with Crippen molar-refractivity contribution in [2.75, 3.05) is 6.61 Å². The fourth-order valence-electron chi connectivity index (χ4n) is 1.67. The Morgan fingerprint density at radius 1 is 1.15 bits per heavy atom. The zero-order valence-electron chi connectivity index (χ0n) is 12.4. The van der Waals surface area contributed by atoms with Crippen LogP contribution in [0.4, 0.5) is 13.2 Å². The highest BCUT2D eigenvalue weighted by atomic mass is 79.9. The lowest BCUT2D eigenvalue weighted by Gasteiger charge is -2.13. The Hall–Kier alpha value is -0.480. The Bertz CT molecular complexity index is 820. The molecule has 26 heavy (non-hydrogen) atoms. The van der Waals surface area contributed by atoms with E-state index in [9.17, 15) is 13.2 Å². The Morgan fingerprint density at radius 2 is 1.85 bits per heavy atom. The molecular formula is C15H7Br3Cl2F3NO2. The predicted octanol–water partition coefficient (Wildman–Crippen LogP) is 7.97. The van der Waals surface area contributed by atoms with Crippen LogP contribution in [-0.2, 0) is 6.18 Å². The number of aromatic nitrogens is 1. The molecule has 1 aromatic carbocycles. The van der Waals surface area contributed by atoms with E-state index in [1.165, 1.54) is 6.07 Å². The summed E-state index contributed by atoms with van der Waals surface area (Å²) in [5.74, 6) is 0.394. The lowest BCUT2D eigenvalue weighted by Crippen LogP contribution is -2.06. The van der Waals surface area contributed by atoms with Gasteiger partial charge in [0.25, 0.3) is 0 Å². The van der Waals surface area contributed by atoms with E-state index in [1.807, 2.05) is 0 Å². The molecule has 1 heterocycles. The van der Waals surface area contributed by atoms with Gasteiger partial charge in [0.05, 0.1) is 18.5 Å². The van der Waals surface area contributed by atoms with Crippen LogP contribution in [0.3, 0.4) is 0 Å². The Morgan fingerprint density at radius 3 is 2.38 bits per heavy atom. The van der Waals surface area contributed by atoms with E-state index in [2.05, 4.69) is 52.8 Å². The first-order valence-electron chi connectivity index (χ1n) is 6.61. The lowest BCUT2D eigenvalue weighted by atomic mass is 10.3. The maximum Gasteiger partial charge on any atom is 0.417 e. The van der Waals surface area contributed by atoms with Crippen molar-refractivity contribution in [1.82, 2.24) is 4.98 Å². The van der Waals surface area contributed by atoms with E-state index >= 15 is 0 Å². The number of nitrogens with zero attached hydrogens (tertiary/aromatic N) is 1. The quantitative estimate of drug-likeness (QED) is 0.349. The van der Waals surface area contributed by atoms with Gasteiger partial charge in [-0.25, -0.2) is 4.98 Å². The van der Waals surface area contributed by atoms with E-state index in [4.69, 9.17) is 32.7 Å². The summed E-state index contributed by atoms with van der Waals surface area (Å²) in [5.41, 5.74) is -0.977. The van der Waals surface area contributed by atoms with Gasteiger partial charge in [-0.3, -0.25) is 0 Å². The van der Waals surface area contributed by atoms with Gasteiger partial charge in [0, 0.05) is 12.3 Å². The summed E-state index contributed by atoms with van der Waals surface area (Å²) >= 11 is 21.7. The second-order valence-electron chi connectivity index (χ2n) is 4.63. The van der Waals surface area contributed by atoms with Crippen molar-refractivity contribution in [3.8, 4) is 17.4 Å². The third-order valence-electron chi connectivity index (χ3n) is 2.79. The molecule has 3 nitrogen and oxygen atoms in total. The SMILES string of the molecule is FC(F)(F)c1cnc(Oc2c(Cl)cc(OCC=C(Br)Br)cc2Br)c(Cl)c1. The molecule has 0 spiro atoms. The maximum atomic E-state index is 12.7. The average Bonchev–Trinajstić information content (AvgIpc) is 2.50. The van der Waals surface area contributed by atoms with Crippen molar-refractivity contribution in [3.63, 3.8) is 0 Å². The third kappa shape index (κ3) is 6.02. The van der Waals surface area contributed by atoms with Crippen LogP contribution < -0.4 is 9.47 Å². The first kappa shape index (κ1) is 21.8. The minimum absolute atomic E-state index is 0.144. The number of ether oxygens (including phenoxy) is 2. The smallest absolute Gasteiger partial charge is 0.417 e. The highest BCUT2D eigenvalue weighted by Crippen LogP contribution is 2.41. The van der Waals surface area contributed by atoms with Gasteiger partial charge in [0.2, 0.25) is 5.88 Å². The molecule has 0 bridgehead atoms. The lowest BCUT2D eigenvalue weighted by molar-refractivity contribution is -0.137. The van der Waals surface area contributed by atoms with Crippen LogP contribution in [0.25, 0.3) is 0 Å². The number of alkyl halides is 3. The van der Waals surface area contributed by atoms with Crippen LogP contribution in [0.5, 0.6) is 17.4 Å². The molecule has 0 radical (unpaired) electrons. The van der Waals surface area contributed by atoms with Crippen molar-refractivity contribution in [1.29, 1.82) is 0 Å². The fraction of sp³-hybridized carbons (Fsp3) is 0.133. The van der Waals surface area contributed by atoms with Gasteiger partial charge in [-0.1, -0.05) is 23.2 Å². The molecule has 0 atom stereocenters. The first-order chi connectivity index (χ1) is 12.1. The molecule has 0 aliphatic carbocycles. The van der Waals surface area contributed by atoms with Gasteiger partial charge in [0.1, 0.15) is 17.4 Å². The number of halogens is 8. The molecule has 0 aliphatic heterocycles. The zero-order valence-corrected chi connectivity index (χ0v) is 18.7. The van der Waals surface area contributed by atoms with Crippen molar-refractivity contribution < 1.29 is 22.6 Å². The second kappa shape index (κ2) is 9.14. The standard InChI is InChI=1S/C15H7Br3Cl2F3NO2/c16-9-4-8(25-2-1-12(17)18)5-10(19)13(9)26-14-11(20)3-7(6-24-14)15(21,22)23/h1,3-6H,2H2. The van der Waals surface area contributed by atoms with Gasteiger partial charge in [0.15, 0.2) is 5.75 Å². The summed E-state index contributed by atoms with van der Waals surface area (Å²) in [7, 11) is 0. The van der Waals surface area contributed by atoms with E-state index in [-0.39, 0.29) is 28.3 Å². The molecular weight excluding hydrogens is 594 g/mol. The molecule has 0 unspecified atom stereocenters. The molecule has 2 aromatic rings. The molecule has 0 aliphatic rings. The Labute approximate surface area is 181 Å². The molecule has 2 rings (SSSR count). The van der Waals surface area contributed by atoms with Crippen LogP contribution in [0.2, 0.25) is 10.0 Å². The molecule has 140 valence electrons. The molecule has 0 saturated heterocycles. The highest BCUT2D eigenvalue weighted by molar-refractivity contribution is 9.28. The summed E-state index contributed by atoms with van der Waals surface area (Å²) in [4.78, 5) is 3.61. The van der Waals surface area contributed by atoms with Crippen LogP contribution in [0, 0.1) is 0 Å². The summed E-state index contributed by atoms with van der Waals surface area (Å²) in [5, 5.41) is -0.135. The minimum Gasteiger partial charge on any atom is -0.489 e. The second-order valence-corrected chi connectivity index (χ2v) is 9.07. The van der Waals surface area contributed by atoms with Crippen molar-refractivity contribution in [2.45, 2.75) is 6.18 Å². The molecule has 0 fully saturated rings. The number of rotatable bonds is 5. The highest BCUT2D eigenvalue weighted by Gasteiger charge is 2.32. The first-order valence-corrected chi connectivity index (χ1v) is 9.75. The zero-order chi connectivity index (χ0) is 19.5. The van der Waals surface area contributed by atoms with Crippen LogP contribution in [0.1, 0.15) is 5.56 Å². The van der Waals surface area contributed by atoms with Gasteiger partial charge in [-0.2, -0.15) is 13.2 Å². The van der Waals surface area contributed by atoms with Crippen molar-refractivity contribution in [3.05, 3.63) is 53.9 Å². The van der Waals surface area contributed by atoms with Crippen molar-refractivity contribution in [2.24, 2.45) is 0 Å². The Balaban J connectivity index is 2.23. The normalized spacial score (nSPS) is 11.2. The summed E-state index contributed by atoms with van der Waals surface area (Å²) in [6.07, 6.45) is -2.19. The number of benzene rings is 1. The molecule has 0 amide bonds. The third-order valence-corrected chi connectivity index (χ3v) is 4.58. The monoisotopic (exact) mass is 597 g/mol. The topological polar surface area (TPSA) is 31.4 Å². The van der Waals surface area contributed by atoms with E-state index in [0.29, 0.717) is 16.4 Å². The predicted molar refractivity (Wildman–Crippen MR) is 105 cm³/mol. The minimum atomic E-state index is -4.55. The average molecular weight is 601 g/mol. The van der Waals surface area contributed by atoms with Gasteiger partial charge >= 0.3 is 6.18 Å². The number of pyridine rings is 1. The Kier molecular flexibility index (Phi) is 7.67. The molecule has 0 saturated carbocycles. The summed E-state index contributed by atoms with van der Waals surface area (Å²) < 4.78 is 50.1. The van der Waals surface area contributed by atoms with Crippen LogP contribution >= 0.6 is 71.0 Å². The number of hydrogen-bond acceptors (Lipinski definition) is 3. The number of hydrogen-bond donors (Lipinski definition) is 0. The van der Waals surface area contributed by atoms with Gasteiger partial charge in [-0.15, -0.1) is 0 Å². The largest absolute Gasteiger partial charge is 0.489 e. The van der Waals surface area contributed by atoms with Crippen molar-refractivity contribution >= 4 is 71.0 Å². The fourth-order valence-corrected chi connectivity index (χ4v) is 3.02. The van der Waals surface area contributed by atoms with Gasteiger partial charge in [-0.05, 0) is 66.0 Å². The summed E-state index contributed by atoms with van der Waals surface area (Å²) in [6.45, 7) is 0.279. The molecule has 0 N–H and O–H groups in total. The van der Waals surface area contributed by atoms with Gasteiger partial charge < -0.3 is 9.47 Å². The molecule has 1 aromatic heterocycles. The van der Waals surface area contributed by atoms with E-state index < -0.39 is 11.7 Å². The van der Waals surface area contributed by atoms with Crippen LogP contribution in [-0.4, -0.2) is 11.6 Å². The summed E-state index contributed by atoms with van der Waals surface area (Å²) in [6, 6.07) is 3.82.